The van der Waals surface area contributed by atoms with E-state index in [-0.39, 0.29) is 5.97 Å². The zero-order valence-corrected chi connectivity index (χ0v) is 16.3. The number of halogens is 1. The number of nitrogens with zero attached hydrogens (tertiary/aromatic N) is 2. The topological polar surface area (TPSA) is 44.1 Å². The molecule has 0 spiro atoms. The summed E-state index contributed by atoms with van der Waals surface area (Å²) in [5.41, 5.74) is 6.60. The molecule has 0 saturated heterocycles. The monoisotopic (exact) mass is 396 g/mol. The number of rotatable bonds is 5. The zero-order valence-electron chi connectivity index (χ0n) is 14.7. The van der Waals surface area contributed by atoms with Crippen LogP contribution in [0.25, 0.3) is 10.9 Å². The Hall–Kier alpha value is -2.63. The third-order valence-electron chi connectivity index (χ3n) is 4.52. The summed E-state index contributed by atoms with van der Waals surface area (Å²) in [6.07, 6.45) is 2.71. The highest BCUT2D eigenvalue weighted by molar-refractivity contribution is 7.07. The Labute approximate surface area is 166 Å². The standard InChI is InChI=1S/C21H17ClN2O2S/c1-26-21(25)19-10-17(22)4-3-15(19)8-14-2-5-20-16(9-14)6-7-24(20)11-18-12-27-13-23-18/h2-7,9-10,12-13H,8,11H2,1H3. The quantitative estimate of drug-likeness (QED) is 0.437. The molecule has 0 bridgehead atoms. The summed E-state index contributed by atoms with van der Waals surface area (Å²) in [7, 11) is 1.38. The molecule has 2 heterocycles. The largest absolute Gasteiger partial charge is 0.465 e. The molecule has 0 fully saturated rings. The van der Waals surface area contributed by atoms with E-state index in [1.165, 1.54) is 7.11 Å². The van der Waals surface area contributed by atoms with Gasteiger partial charge in [0.15, 0.2) is 0 Å². The second kappa shape index (κ2) is 7.55. The van der Waals surface area contributed by atoms with Gasteiger partial charge in [-0.25, -0.2) is 9.78 Å². The van der Waals surface area contributed by atoms with Crippen molar-refractivity contribution < 1.29 is 9.53 Å². The fourth-order valence-corrected chi connectivity index (χ4v) is 3.93. The summed E-state index contributed by atoms with van der Waals surface area (Å²) in [6, 6.07) is 13.8. The average molecular weight is 397 g/mol. The Bertz CT molecular complexity index is 1100. The Morgan fingerprint density at radius 2 is 2.11 bits per heavy atom. The van der Waals surface area contributed by atoms with Crippen LogP contribution in [0.1, 0.15) is 27.2 Å². The second-order valence-electron chi connectivity index (χ2n) is 6.29. The van der Waals surface area contributed by atoms with Crippen LogP contribution in [0, 0.1) is 0 Å². The molecule has 27 heavy (non-hydrogen) atoms. The normalized spacial score (nSPS) is 11.0. The lowest BCUT2D eigenvalue weighted by Crippen LogP contribution is -2.06. The van der Waals surface area contributed by atoms with E-state index in [0.717, 1.165) is 34.3 Å². The lowest BCUT2D eigenvalue weighted by atomic mass is 9.99. The van der Waals surface area contributed by atoms with Crippen LogP contribution in [0.5, 0.6) is 0 Å². The summed E-state index contributed by atoms with van der Waals surface area (Å²) in [5.74, 6) is -0.372. The van der Waals surface area contributed by atoms with Gasteiger partial charge in [0.1, 0.15) is 0 Å². The highest BCUT2D eigenvalue weighted by Gasteiger charge is 2.13. The van der Waals surface area contributed by atoms with Crippen molar-refractivity contribution in [1.29, 1.82) is 0 Å². The number of fused-ring (bicyclic) bond motifs is 1. The molecule has 136 valence electrons. The predicted molar refractivity (Wildman–Crippen MR) is 109 cm³/mol. The van der Waals surface area contributed by atoms with Gasteiger partial charge >= 0.3 is 5.97 Å². The van der Waals surface area contributed by atoms with Crippen molar-refractivity contribution in [2.45, 2.75) is 13.0 Å². The number of benzene rings is 2. The number of ether oxygens (including phenoxy) is 1. The van der Waals surface area contributed by atoms with Crippen molar-refractivity contribution in [3.63, 3.8) is 0 Å². The summed E-state index contributed by atoms with van der Waals surface area (Å²) >= 11 is 7.65. The van der Waals surface area contributed by atoms with Crippen LogP contribution in [0.3, 0.4) is 0 Å². The summed E-state index contributed by atoms with van der Waals surface area (Å²) in [4.78, 5) is 16.4. The molecule has 4 aromatic rings. The van der Waals surface area contributed by atoms with Gasteiger partial charge in [-0.15, -0.1) is 11.3 Å². The molecule has 0 amide bonds. The van der Waals surface area contributed by atoms with Crippen LogP contribution in [-0.4, -0.2) is 22.6 Å². The lowest BCUT2D eigenvalue weighted by molar-refractivity contribution is 0.0599. The van der Waals surface area contributed by atoms with Gasteiger partial charge in [-0.3, -0.25) is 0 Å². The van der Waals surface area contributed by atoms with E-state index in [0.29, 0.717) is 17.0 Å². The lowest BCUT2D eigenvalue weighted by Gasteiger charge is -2.09. The molecule has 0 aliphatic heterocycles. The minimum Gasteiger partial charge on any atom is -0.465 e. The molecule has 0 unspecified atom stereocenters. The Morgan fingerprint density at radius 1 is 1.22 bits per heavy atom. The fourth-order valence-electron chi connectivity index (χ4n) is 3.21. The average Bonchev–Trinajstić information content (AvgIpc) is 3.33. The van der Waals surface area contributed by atoms with Gasteiger partial charge in [-0.2, -0.15) is 0 Å². The second-order valence-corrected chi connectivity index (χ2v) is 7.44. The van der Waals surface area contributed by atoms with Crippen LogP contribution in [0.15, 0.2) is 59.6 Å². The first kappa shape index (κ1) is 17.8. The molecular weight excluding hydrogens is 380 g/mol. The fraction of sp³-hybridized carbons (Fsp3) is 0.143. The van der Waals surface area contributed by atoms with Crippen LogP contribution >= 0.6 is 22.9 Å². The van der Waals surface area contributed by atoms with Crippen LogP contribution in [0.2, 0.25) is 5.02 Å². The van der Waals surface area contributed by atoms with E-state index in [1.54, 1.807) is 23.5 Å². The van der Waals surface area contributed by atoms with E-state index in [4.69, 9.17) is 16.3 Å². The van der Waals surface area contributed by atoms with Crippen molar-refractivity contribution in [2.75, 3.05) is 7.11 Å². The molecule has 6 heteroatoms. The van der Waals surface area contributed by atoms with Crippen molar-refractivity contribution in [3.8, 4) is 0 Å². The number of methoxy groups -OCH3 is 1. The van der Waals surface area contributed by atoms with Gasteiger partial charge in [0.2, 0.25) is 0 Å². The van der Waals surface area contributed by atoms with Gasteiger partial charge in [-0.05, 0) is 53.3 Å². The number of hydrogen-bond acceptors (Lipinski definition) is 4. The number of esters is 1. The highest BCUT2D eigenvalue weighted by atomic mass is 35.5. The molecule has 0 aliphatic carbocycles. The highest BCUT2D eigenvalue weighted by Crippen LogP contribution is 2.24. The third kappa shape index (κ3) is 3.75. The van der Waals surface area contributed by atoms with E-state index in [9.17, 15) is 4.79 Å². The third-order valence-corrected chi connectivity index (χ3v) is 5.39. The van der Waals surface area contributed by atoms with Gasteiger partial charge in [-0.1, -0.05) is 23.7 Å². The molecule has 0 aliphatic rings. The zero-order chi connectivity index (χ0) is 18.8. The number of carbonyl (C=O) groups excluding carboxylic acids is 1. The smallest absolute Gasteiger partial charge is 0.338 e. The molecular formula is C21H17ClN2O2S. The molecule has 2 aromatic heterocycles. The van der Waals surface area contributed by atoms with Crippen molar-refractivity contribution in [1.82, 2.24) is 9.55 Å². The molecule has 0 N–H and O–H groups in total. The van der Waals surface area contributed by atoms with E-state index < -0.39 is 0 Å². The van der Waals surface area contributed by atoms with E-state index in [1.807, 2.05) is 11.6 Å². The van der Waals surface area contributed by atoms with E-state index in [2.05, 4.69) is 45.4 Å². The number of carbonyl (C=O) groups is 1. The van der Waals surface area contributed by atoms with Gasteiger partial charge in [0.25, 0.3) is 0 Å². The first-order valence-corrected chi connectivity index (χ1v) is 9.77. The van der Waals surface area contributed by atoms with Crippen LogP contribution in [0.4, 0.5) is 0 Å². The molecule has 4 rings (SSSR count). The maximum Gasteiger partial charge on any atom is 0.338 e. The first-order valence-electron chi connectivity index (χ1n) is 8.45. The summed E-state index contributed by atoms with van der Waals surface area (Å²) < 4.78 is 7.08. The van der Waals surface area contributed by atoms with Gasteiger partial charge < -0.3 is 9.30 Å². The van der Waals surface area contributed by atoms with E-state index >= 15 is 0 Å². The summed E-state index contributed by atoms with van der Waals surface area (Å²) in [5, 5.41) is 3.75. The number of hydrogen-bond donors (Lipinski definition) is 0. The minimum atomic E-state index is -0.372. The van der Waals surface area contributed by atoms with Crippen molar-refractivity contribution >= 4 is 39.8 Å². The summed E-state index contributed by atoms with van der Waals surface area (Å²) in [6.45, 7) is 0.760. The molecule has 0 radical (unpaired) electrons. The van der Waals surface area contributed by atoms with Crippen LogP contribution in [-0.2, 0) is 17.7 Å². The molecule has 2 aromatic carbocycles. The van der Waals surface area contributed by atoms with Crippen LogP contribution < -0.4 is 0 Å². The molecule has 4 nitrogen and oxygen atoms in total. The number of aromatic nitrogens is 2. The number of thiazole rings is 1. The van der Waals surface area contributed by atoms with Gasteiger partial charge in [0, 0.05) is 22.1 Å². The molecule has 0 saturated carbocycles. The maximum absolute atomic E-state index is 12.1. The maximum atomic E-state index is 12.1. The minimum absolute atomic E-state index is 0.372. The van der Waals surface area contributed by atoms with Gasteiger partial charge in [0.05, 0.1) is 30.4 Å². The SMILES string of the molecule is COC(=O)c1cc(Cl)ccc1Cc1ccc2c(ccn2Cc2cscn2)c1. The Morgan fingerprint density at radius 3 is 2.89 bits per heavy atom. The Kier molecular flexibility index (Phi) is 4.97. The first-order chi connectivity index (χ1) is 13.1. The molecule has 0 atom stereocenters. The Balaban J connectivity index is 1.63. The predicted octanol–water partition coefficient (Wildman–Crippen LogP) is 5.18. The van der Waals surface area contributed by atoms with Crippen molar-refractivity contribution in [2.24, 2.45) is 0 Å². The van der Waals surface area contributed by atoms with Crippen molar-refractivity contribution in [3.05, 3.63) is 87.0 Å².